The van der Waals surface area contributed by atoms with E-state index in [1.54, 1.807) is 42.3 Å². The number of thiazole rings is 1. The molecule has 1 aromatic carbocycles. The summed E-state index contributed by atoms with van der Waals surface area (Å²) < 4.78 is 15.2. The molecule has 2 N–H and O–H groups in total. The van der Waals surface area contributed by atoms with Crippen molar-refractivity contribution in [3.05, 3.63) is 47.2 Å². The molecule has 7 heteroatoms. The minimum absolute atomic E-state index is 0.0797. The number of rotatable bonds is 8. The van der Waals surface area contributed by atoms with Crippen molar-refractivity contribution in [2.75, 3.05) is 25.9 Å². The number of thioether (sulfide) groups is 1. The van der Waals surface area contributed by atoms with E-state index < -0.39 is 0 Å². The average Bonchev–Trinajstić information content (AvgIpc) is 3.23. The van der Waals surface area contributed by atoms with E-state index in [4.69, 9.17) is 0 Å². The number of aliphatic imine (C=N–C) groups is 1. The van der Waals surface area contributed by atoms with Crippen LogP contribution in [0.15, 0.2) is 45.2 Å². The van der Waals surface area contributed by atoms with Crippen LogP contribution in [-0.4, -0.2) is 36.8 Å². The largest absolute Gasteiger partial charge is 0.356 e. The fourth-order valence-electron chi connectivity index (χ4n) is 2.78. The molecule has 1 saturated carbocycles. The Labute approximate surface area is 156 Å². The second-order valence-electron chi connectivity index (χ2n) is 6.11. The zero-order valence-electron chi connectivity index (χ0n) is 14.3. The third-order valence-electron chi connectivity index (χ3n) is 4.37. The van der Waals surface area contributed by atoms with Crippen molar-refractivity contribution in [2.24, 2.45) is 4.99 Å². The molecule has 1 aromatic heterocycles. The highest BCUT2D eigenvalue weighted by Crippen LogP contribution is 2.48. The molecule has 0 bridgehead atoms. The zero-order valence-corrected chi connectivity index (χ0v) is 15.9. The first-order chi connectivity index (χ1) is 12.2. The van der Waals surface area contributed by atoms with E-state index in [0.29, 0.717) is 6.54 Å². The minimum atomic E-state index is -0.107. The lowest BCUT2D eigenvalue weighted by Crippen LogP contribution is -2.41. The molecule has 1 heterocycles. The quantitative estimate of drug-likeness (QED) is 0.319. The van der Waals surface area contributed by atoms with Crippen LogP contribution in [0.5, 0.6) is 0 Å². The van der Waals surface area contributed by atoms with Crippen molar-refractivity contribution in [1.82, 2.24) is 15.6 Å². The molecule has 0 amide bonds. The fraction of sp³-hybridized carbons (Fsp3) is 0.444. The molecular formula is C18H23FN4S2. The number of aromatic nitrogens is 1. The highest BCUT2D eigenvalue weighted by atomic mass is 32.2. The van der Waals surface area contributed by atoms with Crippen molar-refractivity contribution >= 4 is 29.1 Å². The number of nitrogens with one attached hydrogen (secondary N) is 2. The third kappa shape index (κ3) is 4.95. The van der Waals surface area contributed by atoms with Crippen molar-refractivity contribution in [3.8, 4) is 0 Å². The van der Waals surface area contributed by atoms with Crippen LogP contribution in [-0.2, 0) is 5.41 Å². The molecule has 0 unspecified atom stereocenters. The van der Waals surface area contributed by atoms with Crippen LogP contribution < -0.4 is 10.6 Å². The molecule has 0 radical (unpaired) electrons. The minimum Gasteiger partial charge on any atom is -0.356 e. The van der Waals surface area contributed by atoms with Gasteiger partial charge in [0.1, 0.15) is 10.2 Å². The summed E-state index contributed by atoms with van der Waals surface area (Å²) in [5.74, 6) is 1.70. The van der Waals surface area contributed by atoms with E-state index in [1.165, 1.54) is 0 Å². The van der Waals surface area contributed by atoms with Crippen LogP contribution in [0.2, 0.25) is 0 Å². The van der Waals surface area contributed by atoms with Crippen molar-refractivity contribution in [2.45, 2.75) is 29.0 Å². The summed E-state index contributed by atoms with van der Waals surface area (Å²) in [5.41, 5.74) is 0.738. The van der Waals surface area contributed by atoms with Gasteiger partial charge in [-0.1, -0.05) is 30.0 Å². The summed E-state index contributed by atoms with van der Waals surface area (Å²) in [7, 11) is 1.77. The van der Waals surface area contributed by atoms with Gasteiger partial charge in [0.15, 0.2) is 5.96 Å². The Hall–Kier alpha value is -1.60. The van der Waals surface area contributed by atoms with Crippen molar-refractivity contribution < 1.29 is 4.39 Å². The Balaban J connectivity index is 1.40. The van der Waals surface area contributed by atoms with Crippen LogP contribution in [0, 0.1) is 5.82 Å². The number of guanidine groups is 1. The van der Waals surface area contributed by atoms with Crippen LogP contribution >= 0.6 is 23.1 Å². The normalized spacial score (nSPS) is 15.8. The monoisotopic (exact) mass is 378 g/mol. The Bertz CT molecular complexity index is 699. The molecule has 1 aliphatic rings. The molecule has 0 aliphatic heterocycles. The van der Waals surface area contributed by atoms with Gasteiger partial charge < -0.3 is 10.6 Å². The second kappa shape index (κ2) is 8.67. The Morgan fingerprint density at radius 3 is 2.88 bits per heavy atom. The first-order valence-corrected chi connectivity index (χ1v) is 10.3. The van der Waals surface area contributed by atoms with E-state index in [9.17, 15) is 4.39 Å². The standard InChI is InChI=1S/C18H23FN4S2/c1-20-16(21-9-4-11-24-17-22-10-12-25-17)23-13-18(7-8-18)14-5-2-3-6-15(14)19/h2-3,5-6,10,12H,4,7-9,11,13H2,1H3,(H2,20,21,23). The predicted octanol–water partition coefficient (Wildman–Crippen LogP) is 3.66. The Kier molecular flexibility index (Phi) is 6.31. The summed E-state index contributed by atoms with van der Waals surface area (Å²) in [6.07, 6.45) is 4.90. The number of benzene rings is 1. The lowest BCUT2D eigenvalue weighted by Gasteiger charge is -2.19. The molecule has 0 saturated heterocycles. The first kappa shape index (κ1) is 18.2. The number of hydrogen-bond donors (Lipinski definition) is 2. The predicted molar refractivity (Wildman–Crippen MR) is 104 cm³/mol. The molecule has 2 aromatic rings. The van der Waals surface area contributed by atoms with Crippen LogP contribution in [0.1, 0.15) is 24.8 Å². The van der Waals surface area contributed by atoms with E-state index in [2.05, 4.69) is 20.6 Å². The second-order valence-corrected chi connectivity index (χ2v) is 8.35. The summed E-state index contributed by atoms with van der Waals surface area (Å²) in [6.45, 7) is 1.56. The summed E-state index contributed by atoms with van der Waals surface area (Å²) >= 11 is 3.45. The number of halogens is 1. The van der Waals surface area contributed by atoms with E-state index in [-0.39, 0.29) is 11.2 Å². The number of hydrogen-bond acceptors (Lipinski definition) is 4. The zero-order chi connectivity index (χ0) is 17.5. The van der Waals surface area contributed by atoms with Crippen molar-refractivity contribution in [1.29, 1.82) is 0 Å². The van der Waals surface area contributed by atoms with Gasteiger partial charge in [0, 0.05) is 42.9 Å². The molecule has 3 rings (SSSR count). The van der Waals surface area contributed by atoms with E-state index in [1.807, 2.05) is 23.7 Å². The maximum absolute atomic E-state index is 14.1. The maximum Gasteiger partial charge on any atom is 0.191 e. The van der Waals surface area contributed by atoms with Gasteiger partial charge in [-0.25, -0.2) is 9.37 Å². The van der Waals surface area contributed by atoms with Crippen LogP contribution in [0.3, 0.4) is 0 Å². The van der Waals surface area contributed by atoms with Gasteiger partial charge in [-0.2, -0.15) is 0 Å². The molecule has 134 valence electrons. The number of nitrogens with zero attached hydrogens (tertiary/aromatic N) is 2. The van der Waals surface area contributed by atoms with Gasteiger partial charge in [0.25, 0.3) is 0 Å². The lowest BCUT2D eigenvalue weighted by molar-refractivity contribution is 0.559. The molecular weight excluding hydrogens is 355 g/mol. The highest BCUT2D eigenvalue weighted by Gasteiger charge is 2.45. The first-order valence-electron chi connectivity index (χ1n) is 8.45. The molecule has 1 aliphatic carbocycles. The lowest BCUT2D eigenvalue weighted by atomic mass is 9.95. The molecule has 0 spiro atoms. The third-order valence-corrected chi connectivity index (χ3v) is 6.42. The molecule has 4 nitrogen and oxygen atoms in total. The summed E-state index contributed by atoms with van der Waals surface area (Å²) in [5, 5.41) is 8.68. The van der Waals surface area contributed by atoms with Crippen LogP contribution in [0.4, 0.5) is 4.39 Å². The molecule has 25 heavy (non-hydrogen) atoms. The van der Waals surface area contributed by atoms with Gasteiger partial charge in [-0.3, -0.25) is 4.99 Å². The fourth-order valence-corrected chi connectivity index (χ4v) is 4.42. The highest BCUT2D eigenvalue weighted by molar-refractivity contribution is 8.00. The van der Waals surface area contributed by atoms with Crippen molar-refractivity contribution in [3.63, 3.8) is 0 Å². The Morgan fingerprint density at radius 1 is 1.36 bits per heavy atom. The van der Waals surface area contributed by atoms with Gasteiger partial charge in [0.05, 0.1) is 0 Å². The Morgan fingerprint density at radius 2 is 2.20 bits per heavy atom. The smallest absolute Gasteiger partial charge is 0.191 e. The molecule has 0 atom stereocenters. The van der Waals surface area contributed by atoms with Gasteiger partial charge in [-0.15, -0.1) is 11.3 Å². The van der Waals surface area contributed by atoms with Gasteiger partial charge in [0.2, 0.25) is 0 Å². The maximum atomic E-state index is 14.1. The SMILES string of the molecule is CN=C(NCCCSc1nccs1)NCC1(c2ccccc2F)CC1. The van der Waals surface area contributed by atoms with Crippen LogP contribution in [0.25, 0.3) is 0 Å². The summed E-state index contributed by atoms with van der Waals surface area (Å²) in [6, 6.07) is 7.09. The van der Waals surface area contributed by atoms with Gasteiger partial charge in [-0.05, 0) is 30.9 Å². The molecule has 1 fully saturated rings. The summed E-state index contributed by atoms with van der Waals surface area (Å²) in [4.78, 5) is 8.52. The van der Waals surface area contributed by atoms with Gasteiger partial charge >= 0.3 is 0 Å². The average molecular weight is 379 g/mol. The van der Waals surface area contributed by atoms with E-state index >= 15 is 0 Å². The topological polar surface area (TPSA) is 49.3 Å². The van der Waals surface area contributed by atoms with E-state index in [0.717, 1.165) is 47.4 Å².